The van der Waals surface area contributed by atoms with Gasteiger partial charge in [0, 0.05) is 12.2 Å². The van der Waals surface area contributed by atoms with Crippen molar-refractivity contribution in [2.75, 3.05) is 18.4 Å². The van der Waals surface area contributed by atoms with Gasteiger partial charge in [-0.1, -0.05) is 0 Å². The molecule has 1 aromatic rings. The fourth-order valence-corrected chi connectivity index (χ4v) is 2.10. The van der Waals surface area contributed by atoms with Crippen LogP contribution in [0.25, 0.3) is 0 Å². The summed E-state index contributed by atoms with van der Waals surface area (Å²) in [6.45, 7) is 7.52. The van der Waals surface area contributed by atoms with Gasteiger partial charge in [-0.2, -0.15) is 0 Å². The number of hydrogen-bond acceptors (Lipinski definition) is 3. The van der Waals surface area contributed by atoms with E-state index in [0.717, 1.165) is 36.6 Å². The lowest BCUT2D eigenvalue weighted by Gasteiger charge is -2.22. The van der Waals surface area contributed by atoms with E-state index in [1.807, 2.05) is 32.9 Å². The maximum atomic E-state index is 12.2. The minimum absolute atomic E-state index is 0.0799. The Bertz CT molecular complexity index is 436. The van der Waals surface area contributed by atoms with E-state index in [4.69, 9.17) is 0 Å². The molecule has 0 bridgehead atoms. The quantitative estimate of drug-likeness (QED) is 0.816. The van der Waals surface area contributed by atoms with Crippen LogP contribution in [0.5, 0.6) is 0 Å². The third kappa shape index (κ3) is 2.47. The van der Waals surface area contributed by atoms with Gasteiger partial charge in [0.2, 0.25) is 5.91 Å². The highest BCUT2D eigenvalue weighted by Gasteiger charge is 2.36. The van der Waals surface area contributed by atoms with E-state index in [0.29, 0.717) is 0 Å². The SMILES string of the molecule is Cc1ccc(NC(=O)C2(C)CCNC2)c(C)n1. The fraction of sp³-hybridized carbons (Fsp3) is 0.538. The maximum Gasteiger partial charge on any atom is 0.231 e. The normalized spacial score (nSPS) is 23.7. The van der Waals surface area contributed by atoms with Crippen LogP contribution in [-0.4, -0.2) is 24.0 Å². The largest absolute Gasteiger partial charge is 0.324 e. The van der Waals surface area contributed by atoms with E-state index in [2.05, 4.69) is 15.6 Å². The van der Waals surface area contributed by atoms with Crippen molar-refractivity contribution >= 4 is 11.6 Å². The van der Waals surface area contributed by atoms with Crippen LogP contribution < -0.4 is 10.6 Å². The monoisotopic (exact) mass is 233 g/mol. The first kappa shape index (κ1) is 12.0. The summed E-state index contributed by atoms with van der Waals surface area (Å²) in [5.74, 6) is 0.0799. The van der Waals surface area contributed by atoms with E-state index in [1.54, 1.807) is 0 Å². The number of carbonyl (C=O) groups excluding carboxylic acids is 1. The van der Waals surface area contributed by atoms with E-state index >= 15 is 0 Å². The Kier molecular flexibility index (Phi) is 3.15. The summed E-state index contributed by atoms with van der Waals surface area (Å²) in [5.41, 5.74) is 2.35. The highest BCUT2D eigenvalue weighted by Crippen LogP contribution is 2.26. The molecule has 0 aliphatic carbocycles. The van der Waals surface area contributed by atoms with Crippen LogP contribution in [0.1, 0.15) is 24.7 Å². The first-order valence-corrected chi connectivity index (χ1v) is 5.98. The Morgan fingerprint density at radius 3 is 2.82 bits per heavy atom. The molecule has 0 radical (unpaired) electrons. The highest BCUT2D eigenvalue weighted by atomic mass is 16.2. The number of aromatic nitrogens is 1. The van der Waals surface area contributed by atoms with Crippen molar-refractivity contribution in [1.29, 1.82) is 0 Å². The van der Waals surface area contributed by atoms with Crippen LogP contribution in [0.3, 0.4) is 0 Å². The Morgan fingerprint density at radius 2 is 2.24 bits per heavy atom. The topological polar surface area (TPSA) is 54.0 Å². The molecule has 1 fully saturated rings. The second-order valence-electron chi connectivity index (χ2n) is 5.03. The van der Waals surface area contributed by atoms with Crippen LogP contribution in [0.2, 0.25) is 0 Å². The summed E-state index contributed by atoms with van der Waals surface area (Å²) in [6.07, 6.45) is 0.886. The van der Waals surface area contributed by atoms with Crippen LogP contribution in [-0.2, 0) is 4.79 Å². The number of amides is 1. The van der Waals surface area contributed by atoms with Gasteiger partial charge in [0.15, 0.2) is 0 Å². The Hall–Kier alpha value is -1.42. The lowest BCUT2D eigenvalue weighted by molar-refractivity contribution is -0.123. The average molecular weight is 233 g/mol. The van der Waals surface area contributed by atoms with Crippen molar-refractivity contribution in [3.05, 3.63) is 23.5 Å². The molecule has 1 aliphatic rings. The van der Waals surface area contributed by atoms with Crippen LogP contribution in [0.15, 0.2) is 12.1 Å². The lowest BCUT2D eigenvalue weighted by atomic mass is 9.88. The third-order valence-electron chi connectivity index (χ3n) is 3.39. The number of aryl methyl sites for hydroxylation is 2. The molecule has 2 rings (SSSR count). The summed E-state index contributed by atoms with van der Waals surface area (Å²) in [4.78, 5) is 16.5. The molecule has 1 amide bonds. The number of anilines is 1. The molecule has 0 spiro atoms. The molecular weight excluding hydrogens is 214 g/mol. The molecule has 17 heavy (non-hydrogen) atoms. The molecule has 1 atom stereocenters. The second kappa shape index (κ2) is 4.45. The molecule has 92 valence electrons. The summed E-state index contributed by atoms with van der Waals surface area (Å²) in [7, 11) is 0. The Balaban J connectivity index is 2.13. The Labute approximate surface area is 102 Å². The summed E-state index contributed by atoms with van der Waals surface area (Å²) in [5, 5.41) is 6.21. The fourth-order valence-electron chi connectivity index (χ4n) is 2.10. The molecule has 0 saturated carbocycles. The lowest BCUT2D eigenvalue weighted by Crippen LogP contribution is -2.35. The molecule has 2 heterocycles. The molecule has 2 N–H and O–H groups in total. The summed E-state index contributed by atoms with van der Waals surface area (Å²) in [6, 6.07) is 3.83. The maximum absolute atomic E-state index is 12.2. The second-order valence-corrected chi connectivity index (χ2v) is 5.03. The molecule has 1 aromatic heterocycles. The first-order chi connectivity index (χ1) is 8.01. The van der Waals surface area contributed by atoms with Gasteiger partial charge in [0.05, 0.1) is 16.8 Å². The van der Waals surface area contributed by atoms with E-state index < -0.39 is 0 Å². The van der Waals surface area contributed by atoms with Gasteiger partial charge >= 0.3 is 0 Å². The molecule has 1 saturated heterocycles. The van der Waals surface area contributed by atoms with Crippen LogP contribution in [0.4, 0.5) is 5.69 Å². The van der Waals surface area contributed by atoms with Crippen molar-refractivity contribution in [1.82, 2.24) is 10.3 Å². The zero-order valence-electron chi connectivity index (χ0n) is 10.6. The van der Waals surface area contributed by atoms with Crippen molar-refractivity contribution < 1.29 is 4.79 Å². The minimum Gasteiger partial charge on any atom is -0.324 e. The zero-order chi connectivity index (χ0) is 12.5. The van der Waals surface area contributed by atoms with E-state index in [1.165, 1.54) is 0 Å². The number of pyridine rings is 1. The predicted molar refractivity (Wildman–Crippen MR) is 67.9 cm³/mol. The van der Waals surface area contributed by atoms with Gasteiger partial charge in [0.25, 0.3) is 0 Å². The first-order valence-electron chi connectivity index (χ1n) is 5.98. The highest BCUT2D eigenvalue weighted by molar-refractivity contribution is 5.95. The Morgan fingerprint density at radius 1 is 1.47 bits per heavy atom. The van der Waals surface area contributed by atoms with E-state index in [-0.39, 0.29) is 11.3 Å². The molecule has 0 aromatic carbocycles. The van der Waals surface area contributed by atoms with Crippen molar-refractivity contribution in [3.63, 3.8) is 0 Å². The standard InChI is InChI=1S/C13H19N3O/c1-9-4-5-11(10(2)15-9)16-12(17)13(3)6-7-14-8-13/h4-5,14H,6-8H2,1-3H3,(H,16,17). The van der Waals surface area contributed by atoms with Gasteiger partial charge in [-0.05, 0) is 45.9 Å². The molecular formula is C13H19N3O. The van der Waals surface area contributed by atoms with Crippen molar-refractivity contribution in [2.45, 2.75) is 27.2 Å². The van der Waals surface area contributed by atoms with Gasteiger partial charge in [-0.3, -0.25) is 9.78 Å². The van der Waals surface area contributed by atoms with Gasteiger partial charge < -0.3 is 10.6 Å². The summed E-state index contributed by atoms with van der Waals surface area (Å²) < 4.78 is 0. The van der Waals surface area contributed by atoms with Crippen molar-refractivity contribution in [2.24, 2.45) is 5.41 Å². The number of nitrogens with zero attached hydrogens (tertiary/aromatic N) is 1. The molecule has 1 unspecified atom stereocenters. The molecule has 1 aliphatic heterocycles. The smallest absolute Gasteiger partial charge is 0.231 e. The van der Waals surface area contributed by atoms with Crippen LogP contribution >= 0.6 is 0 Å². The summed E-state index contributed by atoms with van der Waals surface area (Å²) >= 11 is 0. The number of rotatable bonds is 2. The number of carbonyl (C=O) groups is 1. The minimum atomic E-state index is -0.294. The number of hydrogen-bond donors (Lipinski definition) is 2. The zero-order valence-corrected chi connectivity index (χ0v) is 10.6. The molecule has 4 heteroatoms. The van der Waals surface area contributed by atoms with Gasteiger partial charge in [-0.15, -0.1) is 0 Å². The van der Waals surface area contributed by atoms with E-state index in [9.17, 15) is 4.79 Å². The van der Waals surface area contributed by atoms with Crippen molar-refractivity contribution in [3.8, 4) is 0 Å². The number of nitrogens with one attached hydrogen (secondary N) is 2. The van der Waals surface area contributed by atoms with Gasteiger partial charge in [-0.25, -0.2) is 0 Å². The van der Waals surface area contributed by atoms with Gasteiger partial charge in [0.1, 0.15) is 0 Å². The average Bonchev–Trinajstić information content (AvgIpc) is 2.71. The third-order valence-corrected chi connectivity index (χ3v) is 3.39. The molecule has 4 nitrogen and oxygen atoms in total. The van der Waals surface area contributed by atoms with Crippen LogP contribution in [0, 0.1) is 19.3 Å². The predicted octanol–water partition coefficient (Wildman–Crippen LogP) is 1.64.